The fourth-order valence-electron chi connectivity index (χ4n) is 3.10. The SMILES string of the molecule is COc1ccc(C2NC(=S)NC(C)=C2C(=O)NCCc2ccccc2)cc1. The Balaban J connectivity index is 1.75. The number of hydrogen-bond donors (Lipinski definition) is 3. The second-order valence-corrected chi connectivity index (χ2v) is 6.74. The topological polar surface area (TPSA) is 62.4 Å². The van der Waals surface area contributed by atoms with Crippen LogP contribution in [0.2, 0.25) is 0 Å². The maximum atomic E-state index is 12.9. The lowest BCUT2D eigenvalue weighted by atomic mass is 9.95. The monoisotopic (exact) mass is 381 g/mol. The van der Waals surface area contributed by atoms with Crippen LogP contribution < -0.4 is 20.7 Å². The molecule has 5 nitrogen and oxygen atoms in total. The predicted octanol–water partition coefficient (Wildman–Crippen LogP) is 2.85. The second-order valence-electron chi connectivity index (χ2n) is 6.33. The number of amides is 1. The zero-order valence-electron chi connectivity index (χ0n) is 15.4. The van der Waals surface area contributed by atoms with Gasteiger partial charge in [-0.2, -0.15) is 0 Å². The lowest BCUT2D eigenvalue weighted by Crippen LogP contribution is -2.47. The maximum Gasteiger partial charge on any atom is 0.251 e. The average Bonchev–Trinajstić information content (AvgIpc) is 2.68. The largest absolute Gasteiger partial charge is 0.497 e. The third-order valence-corrected chi connectivity index (χ3v) is 4.72. The van der Waals surface area contributed by atoms with Crippen molar-refractivity contribution in [1.82, 2.24) is 16.0 Å². The van der Waals surface area contributed by atoms with Crippen LogP contribution in [0.5, 0.6) is 5.75 Å². The van der Waals surface area contributed by atoms with E-state index in [1.54, 1.807) is 7.11 Å². The van der Waals surface area contributed by atoms with Gasteiger partial charge in [0.25, 0.3) is 5.91 Å². The lowest BCUT2D eigenvalue weighted by Gasteiger charge is -2.30. The van der Waals surface area contributed by atoms with Crippen LogP contribution in [-0.2, 0) is 11.2 Å². The van der Waals surface area contributed by atoms with Crippen molar-refractivity contribution in [1.29, 1.82) is 0 Å². The first kappa shape index (κ1) is 18.9. The summed E-state index contributed by atoms with van der Waals surface area (Å²) in [6, 6.07) is 17.4. The van der Waals surface area contributed by atoms with Crippen LogP contribution in [0.25, 0.3) is 0 Å². The number of nitrogens with one attached hydrogen (secondary N) is 3. The summed E-state index contributed by atoms with van der Waals surface area (Å²) in [6.07, 6.45) is 0.783. The van der Waals surface area contributed by atoms with Crippen LogP contribution in [0.15, 0.2) is 65.9 Å². The first-order valence-electron chi connectivity index (χ1n) is 8.83. The molecule has 1 atom stereocenters. The number of methoxy groups -OCH3 is 1. The Morgan fingerprint density at radius 3 is 2.52 bits per heavy atom. The minimum absolute atomic E-state index is 0.105. The molecule has 0 aromatic heterocycles. The van der Waals surface area contributed by atoms with Gasteiger partial charge in [-0.1, -0.05) is 42.5 Å². The molecule has 3 N–H and O–H groups in total. The molecule has 140 valence electrons. The van der Waals surface area contributed by atoms with E-state index in [0.717, 1.165) is 23.4 Å². The molecule has 2 aromatic carbocycles. The molecule has 0 spiro atoms. The van der Waals surface area contributed by atoms with Gasteiger partial charge < -0.3 is 20.7 Å². The summed E-state index contributed by atoms with van der Waals surface area (Å²) in [4.78, 5) is 12.9. The maximum absolute atomic E-state index is 12.9. The molecule has 2 aromatic rings. The summed E-state index contributed by atoms with van der Waals surface area (Å²) in [5.41, 5.74) is 3.54. The third kappa shape index (κ3) is 4.65. The molecule has 1 aliphatic heterocycles. The van der Waals surface area contributed by atoms with Gasteiger partial charge in [0.05, 0.1) is 18.7 Å². The molecule has 0 fully saturated rings. The summed E-state index contributed by atoms with van der Waals surface area (Å²) in [5.74, 6) is 0.663. The molecule has 1 unspecified atom stereocenters. The highest BCUT2D eigenvalue weighted by molar-refractivity contribution is 7.80. The van der Waals surface area contributed by atoms with E-state index in [2.05, 4.69) is 28.1 Å². The smallest absolute Gasteiger partial charge is 0.251 e. The Kier molecular flexibility index (Phi) is 6.08. The number of rotatable bonds is 6. The van der Waals surface area contributed by atoms with Gasteiger partial charge in [0.1, 0.15) is 5.75 Å². The Bertz CT molecular complexity index is 847. The van der Waals surface area contributed by atoms with Gasteiger partial charge >= 0.3 is 0 Å². The minimum Gasteiger partial charge on any atom is -0.497 e. The summed E-state index contributed by atoms with van der Waals surface area (Å²) < 4.78 is 5.22. The molecule has 3 rings (SSSR count). The summed E-state index contributed by atoms with van der Waals surface area (Å²) >= 11 is 5.29. The highest BCUT2D eigenvalue weighted by Crippen LogP contribution is 2.28. The van der Waals surface area contributed by atoms with Gasteiger partial charge in [0.2, 0.25) is 0 Å². The summed E-state index contributed by atoms with van der Waals surface area (Å²) in [6.45, 7) is 2.44. The standard InChI is InChI=1S/C21H23N3O2S/c1-14-18(20(25)22-13-12-15-6-4-3-5-7-15)19(24-21(27)23-14)16-8-10-17(26-2)11-9-16/h3-11,19H,12-13H2,1-2H3,(H,22,25)(H2,23,24,27). The Morgan fingerprint density at radius 2 is 1.85 bits per heavy atom. The zero-order chi connectivity index (χ0) is 19.2. The summed E-state index contributed by atoms with van der Waals surface area (Å²) in [5, 5.41) is 9.79. The number of allylic oxidation sites excluding steroid dienone is 1. The molecular weight excluding hydrogens is 358 g/mol. The average molecular weight is 382 g/mol. The highest BCUT2D eigenvalue weighted by Gasteiger charge is 2.29. The van der Waals surface area contributed by atoms with Crippen molar-refractivity contribution in [3.05, 3.63) is 77.0 Å². The number of hydrogen-bond acceptors (Lipinski definition) is 3. The van der Waals surface area contributed by atoms with Crippen molar-refractivity contribution in [3.8, 4) is 5.75 Å². The predicted molar refractivity (Wildman–Crippen MR) is 110 cm³/mol. The number of ether oxygens (including phenoxy) is 1. The van der Waals surface area contributed by atoms with Crippen molar-refractivity contribution in [2.75, 3.05) is 13.7 Å². The lowest BCUT2D eigenvalue weighted by molar-refractivity contribution is -0.117. The number of thiocarbonyl (C=S) groups is 1. The fraction of sp³-hybridized carbons (Fsp3) is 0.238. The number of benzene rings is 2. The molecule has 0 saturated heterocycles. The van der Waals surface area contributed by atoms with Crippen molar-refractivity contribution in [3.63, 3.8) is 0 Å². The van der Waals surface area contributed by atoms with Crippen molar-refractivity contribution in [2.45, 2.75) is 19.4 Å². The van der Waals surface area contributed by atoms with E-state index in [1.165, 1.54) is 5.56 Å². The van der Waals surface area contributed by atoms with Crippen LogP contribution >= 0.6 is 12.2 Å². The van der Waals surface area contributed by atoms with Crippen LogP contribution in [-0.4, -0.2) is 24.7 Å². The molecule has 6 heteroatoms. The van der Waals surface area contributed by atoms with Gasteiger partial charge in [-0.15, -0.1) is 0 Å². The van der Waals surface area contributed by atoms with Gasteiger partial charge in [-0.05, 0) is 48.8 Å². The van der Waals surface area contributed by atoms with E-state index < -0.39 is 0 Å². The molecule has 27 heavy (non-hydrogen) atoms. The molecule has 0 aliphatic carbocycles. The molecule has 0 bridgehead atoms. The van der Waals surface area contributed by atoms with E-state index >= 15 is 0 Å². The Labute approximate surface area is 164 Å². The van der Waals surface area contributed by atoms with Crippen molar-refractivity contribution in [2.24, 2.45) is 0 Å². The molecule has 0 radical (unpaired) electrons. The van der Waals surface area contributed by atoms with Crippen LogP contribution in [0.1, 0.15) is 24.1 Å². The van der Waals surface area contributed by atoms with Crippen molar-refractivity contribution < 1.29 is 9.53 Å². The van der Waals surface area contributed by atoms with Crippen LogP contribution in [0, 0.1) is 0 Å². The van der Waals surface area contributed by atoms with Gasteiger partial charge in [0, 0.05) is 12.2 Å². The third-order valence-electron chi connectivity index (χ3n) is 4.50. The van der Waals surface area contributed by atoms with Crippen LogP contribution in [0.3, 0.4) is 0 Å². The number of carbonyl (C=O) groups excluding carboxylic acids is 1. The second kappa shape index (κ2) is 8.68. The molecule has 1 amide bonds. The molecule has 1 heterocycles. The number of carbonyl (C=O) groups is 1. The quantitative estimate of drug-likeness (QED) is 0.672. The van der Waals surface area contributed by atoms with E-state index in [9.17, 15) is 4.79 Å². The fourth-order valence-corrected chi connectivity index (χ4v) is 3.37. The van der Waals surface area contributed by atoms with E-state index in [-0.39, 0.29) is 11.9 Å². The van der Waals surface area contributed by atoms with Gasteiger partial charge in [-0.25, -0.2) is 0 Å². The molecule has 0 saturated carbocycles. The van der Waals surface area contributed by atoms with E-state index in [4.69, 9.17) is 17.0 Å². The van der Waals surface area contributed by atoms with Gasteiger partial charge in [0.15, 0.2) is 5.11 Å². The highest BCUT2D eigenvalue weighted by atomic mass is 32.1. The van der Waals surface area contributed by atoms with Crippen molar-refractivity contribution >= 4 is 23.2 Å². The van der Waals surface area contributed by atoms with Gasteiger partial charge in [-0.3, -0.25) is 4.79 Å². The molecule has 1 aliphatic rings. The summed E-state index contributed by atoms with van der Waals surface area (Å²) in [7, 11) is 1.63. The van der Waals surface area contributed by atoms with Crippen LogP contribution in [0.4, 0.5) is 0 Å². The first-order chi connectivity index (χ1) is 13.1. The first-order valence-corrected chi connectivity index (χ1v) is 9.23. The van der Waals surface area contributed by atoms with E-state index in [1.807, 2.05) is 49.4 Å². The van der Waals surface area contributed by atoms with E-state index in [0.29, 0.717) is 17.2 Å². The Hall–Kier alpha value is -2.86. The Morgan fingerprint density at radius 1 is 1.15 bits per heavy atom. The zero-order valence-corrected chi connectivity index (χ0v) is 16.2. The molecular formula is C21H23N3O2S. The normalized spacial score (nSPS) is 16.4. The minimum atomic E-state index is -0.304.